The Morgan fingerprint density at radius 3 is 2.76 bits per heavy atom. The Morgan fingerprint density at radius 1 is 1.47 bits per heavy atom. The molecule has 0 fully saturated rings. The number of nitrogens with one attached hydrogen (secondary N) is 1. The molecule has 1 unspecified atom stereocenters. The second-order valence-electron chi connectivity index (χ2n) is 3.66. The molecule has 2 rings (SSSR count). The molecule has 0 spiro atoms. The zero-order valence-electron chi connectivity index (χ0n) is 9.50. The summed E-state index contributed by atoms with van der Waals surface area (Å²) in [4.78, 5) is 5.49. The summed E-state index contributed by atoms with van der Waals surface area (Å²) in [5.74, 6) is 0. The van der Waals surface area contributed by atoms with E-state index in [9.17, 15) is 0 Å². The van der Waals surface area contributed by atoms with Crippen molar-refractivity contribution in [3.05, 3.63) is 49.3 Å². The molecule has 1 aromatic carbocycles. The maximum Gasteiger partial charge on any atom is 0.0798 e. The van der Waals surface area contributed by atoms with Crippen LogP contribution in [-0.2, 0) is 0 Å². The van der Waals surface area contributed by atoms with Crippen molar-refractivity contribution < 1.29 is 0 Å². The molecule has 0 saturated heterocycles. The van der Waals surface area contributed by atoms with E-state index in [1.807, 2.05) is 37.7 Å². The van der Waals surface area contributed by atoms with Gasteiger partial charge in [-0.05, 0) is 26.1 Å². The van der Waals surface area contributed by atoms with Gasteiger partial charge < -0.3 is 5.32 Å². The van der Waals surface area contributed by atoms with Gasteiger partial charge in [0.2, 0.25) is 0 Å². The van der Waals surface area contributed by atoms with Crippen molar-refractivity contribution in [2.24, 2.45) is 0 Å². The van der Waals surface area contributed by atoms with E-state index in [4.69, 9.17) is 11.6 Å². The predicted molar refractivity (Wildman–Crippen MR) is 76.9 cm³/mol. The van der Waals surface area contributed by atoms with E-state index in [1.54, 1.807) is 11.3 Å². The fraction of sp³-hybridized carbons (Fsp3) is 0.250. The Labute approximate surface area is 118 Å². The first-order chi connectivity index (χ1) is 8.15. The molecule has 2 aromatic rings. The third-order valence-corrected chi connectivity index (χ3v) is 4.64. The summed E-state index contributed by atoms with van der Waals surface area (Å²) in [6.07, 6.45) is 0. The van der Waals surface area contributed by atoms with Crippen LogP contribution in [0.25, 0.3) is 0 Å². The van der Waals surface area contributed by atoms with Crippen molar-refractivity contribution >= 4 is 38.9 Å². The summed E-state index contributed by atoms with van der Waals surface area (Å²) in [6, 6.07) is 5.91. The predicted octanol–water partition coefficient (Wildman–Crippen LogP) is 4.18. The smallest absolute Gasteiger partial charge is 0.0798 e. The summed E-state index contributed by atoms with van der Waals surface area (Å²) in [5, 5.41) is 4.06. The first-order valence-corrected chi connectivity index (χ1v) is 7.21. The Kier molecular flexibility index (Phi) is 4.20. The van der Waals surface area contributed by atoms with Crippen molar-refractivity contribution in [2.75, 3.05) is 7.05 Å². The number of hydrogen-bond donors (Lipinski definition) is 1. The molecule has 0 aliphatic rings. The van der Waals surface area contributed by atoms with Crippen LogP contribution in [0.5, 0.6) is 0 Å². The van der Waals surface area contributed by atoms with E-state index >= 15 is 0 Å². The molecule has 2 nitrogen and oxygen atoms in total. The maximum atomic E-state index is 6.29. The van der Waals surface area contributed by atoms with Gasteiger partial charge in [-0.2, -0.15) is 0 Å². The highest BCUT2D eigenvalue weighted by Crippen LogP contribution is 2.36. The second-order valence-corrected chi connectivity index (χ2v) is 5.81. The Hall–Kier alpha value is -0.420. The maximum absolute atomic E-state index is 6.29. The van der Waals surface area contributed by atoms with Crippen LogP contribution in [0.15, 0.2) is 28.2 Å². The zero-order valence-corrected chi connectivity index (χ0v) is 12.7. The molecule has 0 bridgehead atoms. The average Bonchev–Trinajstić information content (AvgIpc) is 2.70. The largest absolute Gasteiger partial charge is 0.309 e. The van der Waals surface area contributed by atoms with E-state index < -0.39 is 0 Å². The summed E-state index contributed by atoms with van der Waals surface area (Å²) >= 11 is 11.5. The number of hydrogen-bond acceptors (Lipinski definition) is 3. The zero-order chi connectivity index (χ0) is 12.4. The number of thiazole rings is 1. The van der Waals surface area contributed by atoms with Crippen molar-refractivity contribution in [1.29, 1.82) is 0 Å². The third kappa shape index (κ3) is 2.55. The number of benzene rings is 1. The number of nitrogens with zero attached hydrogens (tertiary/aromatic N) is 1. The van der Waals surface area contributed by atoms with Crippen LogP contribution < -0.4 is 5.32 Å². The highest BCUT2D eigenvalue weighted by atomic mass is 79.9. The minimum absolute atomic E-state index is 0.0746. The van der Waals surface area contributed by atoms with Gasteiger partial charge >= 0.3 is 0 Å². The Balaban J connectivity index is 2.53. The number of halogens is 2. The van der Waals surface area contributed by atoms with Crippen LogP contribution in [0.3, 0.4) is 0 Å². The van der Waals surface area contributed by atoms with Gasteiger partial charge in [0.1, 0.15) is 0 Å². The molecule has 90 valence electrons. The van der Waals surface area contributed by atoms with Crippen molar-refractivity contribution in [2.45, 2.75) is 13.0 Å². The number of aryl methyl sites for hydroxylation is 1. The number of aromatic nitrogens is 1. The van der Waals surface area contributed by atoms with Crippen LogP contribution in [0, 0.1) is 6.92 Å². The van der Waals surface area contributed by atoms with Gasteiger partial charge in [-0.1, -0.05) is 33.6 Å². The lowest BCUT2D eigenvalue weighted by Crippen LogP contribution is -2.18. The molecule has 0 aliphatic carbocycles. The van der Waals surface area contributed by atoms with Crippen LogP contribution in [0.2, 0.25) is 5.02 Å². The van der Waals surface area contributed by atoms with Crippen LogP contribution in [0.4, 0.5) is 0 Å². The fourth-order valence-corrected chi connectivity index (χ4v) is 3.69. The third-order valence-electron chi connectivity index (χ3n) is 2.62. The van der Waals surface area contributed by atoms with E-state index in [2.05, 4.69) is 26.2 Å². The molecule has 0 aliphatic heterocycles. The fourth-order valence-electron chi connectivity index (χ4n) is 1.78. The van der Waals surface area contributed by atoms with Crippen molar-refractivity contribution in [3.8, 4) is 0 Å². The molecular weight excluding hydrogens is 320 g/mol. The minimum atomic E-state index is 0.0746. The van der Waals surface area contributed by atoms with Gasteiger partial charge in [0.05, 0.1) is 17.2 Å². The standard InChI is InChI=1S/C12H12BrClN2S/c1-7-12(17-6-16-7)11(15-2)10-8(13)4-3-5-9(10)14/h3-6,11,15H,1-2H3. The molecule has 0 radical (unpaired) electrons. The molecule has 1 heterocycles. The lowest BCUT2D eigenvalue weighted by atomic mass is 10.0. The second kappa shape index (κ2) is 5.48. The van der Waals surface area contributed by atoms with E-state index in [-0.39, 0.29) is 6.04 Å². The molecule has 5 heteroatoms. The summed E-state index contributed by atoms with van der Waals surface area (Å²) in [6.45, 7) is 2.01. The van der Waals surface area contributed by atoms with Crippen LogP contribution in [-0.4, -0.2) is 12.0 Å². The summed E-state index contributed by atoms with van der Waals surface area (Å²) < 4.78 is 1.01. The number of rotatable bonds is 3. The van der Waals surface area contributed by atoms with Gasteiger partial charge in [-0.15, -0.1) is 11.3 Å². The van der Waals surface area contributed by atoms with Gasteiger partial charge in [0.25, 0.3) is 0 Å². The normalized spacial score (nSPS) is 12.7. The van der Waals surface area contributed by atoms with E-state index in [0.29, 0.717) is 0 Å². The Bertz CT molecular complexity index is 507. The first kappa shape index (κ1) is 13.0. The quantitative estimate of drug-likeness (QED) is 0.913. The SMILES string of the molecule is CNC(c1scnc1C)c1c(Cl)cccc1Br. The van der Waals surface area contributed by atoms with Gasteiger partial charge in [-0.3, -0.25) is 0 Å². The van der Waals surface area contributed by atoms with Crippen LogP contribution in [0.1, 0.15) is 22.2 Å². The molecule has 0 saturated carbocycles. The highest BCUT2D eigenvalue weighted by Gasteiger charge is 2.21. The highest BCUT2D eigenvalue weighted by molar-refractivity contribution is 9.10. The van der Waals surface area contributed by atoms with E-state index in [0.717, 1.165) is 20.8 Å². The minimum Gasteiger partial charge on any atom is -0.309 e. The van der Waals surface area contributed by atoms with Gasteiger partial charge in [0, 0.05) is 19.9 Å². The monoisotopic (exact) mass is 330 g/mol. The van der Waals surface area contributed by atoms with Crippen molar-refractivity contribution in [3.63, 3.8) is 0 Å². The first-order valence-electron chi connectivity index (χ1n) is 5.16. The lowest BCUT2D eigenvalue weighted by Gasteiger charge is -2.18. The molecule has 17 heavy (non-hydrogen) atoms. The lowest BCUT2D eigenvalue weighted by molar-refractivity contribution is 0.695. The Morgan fingerprint density at radius 2 is 2.24 bits per heavy atom. The average molecular weight is 332 g/mol. The molecule has 1 atom stereocenters. The van der Waals surface area contributed by atoms with Crippen molar-refractivity contribution in [1.82, 2.24) is 10.3 Å². The summed E-state index contributed by atoms with van der Waals surface area (Å²) in [5.41, 5.74) is 3.96. The van der Waals surface area contributed by atoms with Gasteiger partial charge in [0.15, 0.2) is 0 Å². The molecule has 0 amide bonds. The van der Waals surface area contributed by atoms with E-state index in [1.165, 1.54) is 4.88 Å². The molecule has 1 aromatic heterocycles. The van der Waals surface area contributed by atoms with Gasteiger partial charge in [-0.25, -0.2) is 4.98 Å². The molecular formula is C12H12BrClN2S. The van der Waals surface area contributed by atoms with Crippen LogP contribution >= 0.6 is 38.9 Å². The molecule has 1 N–H and O–H groups in total. The summed E-state index contributed by atoms with van der Waals surface area (Å²) in [7, 11) is 1.93. The topological polar surface area (TPSA) is 24.9 Å².